The molecule has 0 radical (unpaired) electrons. The summed E-state index contributed by atoms with van der Waals surface area (Å²) in [5.74, 6) is 0.138. The first-order valence-corrected chi connectivity index (χ1v) is 7.70. The molecule has 1 aromatic carbocycles. The van der Waals surface area contributed by atoms with Crippen LogP contribution in [0, 0.1) is 12.8 Å². The molecule has 0 atom stereocenters. The van der Waals surface area contributed by atoms with Gasteiger partial charge in [-0.2, -0.15) is 0 Å². The molecular weight excluding hydrogens is 278 g/mol. The van der Waals surface area contributed by atoms with Gasteiger partial charge >= 0.3 is 6.03 Å². The predicted octanol–water partition coefficient (Wildman–Crippen LogP) is 2.35. The Hall–Kier alpha value is -2.04. The number of carbonyl (C=O) groups is 2. The summed E-state index contributed by atoms with van der Waals surface area (Å²) in [4.78, 5) is 29.7. The zero-order valence-electron chi connectivity index (χ0n) is 13.9. The second-order valence-electron chi connectivity index (χ2n) is 6.17. The molecule has 5 heteroatoms. The van der Waals surface area contributed by atoms with Crippen molar-refractivity contribution in [3.05, 3.63) is 29.8 Å². The zero-order valence-corrected chi connectivity index (χ0v) is 13.9. The number of hydrogen-bond acceptors (Lipinski definition) is 2. The van der Waals surface area contributed by atoms with Gasteiger partial charge in [-0.3, -0.25) is 4.79 Å². The molecule has 1 aliphatic heterocycles. The van der Waals surface area contributed by atoms with Crippen molar-refractivity contribution >= 4 is 17.6 Å². The first kappa shape index (κ1) is 16.3. The van der Waals surface area contributed by atoms with E-state index in [1.165, 1.54) is 0 Å². The third kappa shape index (κ3) is 3.59. The Kier molecular flexibility index (Phi) is 5.06. The average molecular weight is 303 g/mol. The number of benzene rings is 1. The van der Waals surface area contributed by atoms with E-state index in [0.717, 1.165) is 24.1 Å². The number of rotatable bonds is 2. The quantitative estimate of drug-likeness (QED) is 0.842. The van der Waals surface area contributed by atoms with Crippen molar-refractivity contribution in [3.8, 4) is 0 Å². The molecule has 1 heterocycles. The fourth-order valence-electron chi connectivity index (χ4n) is 2.84. The van der Waals surface area contributed by atoms with Crippen molar-refractivity contribution in [1.29, 1.82) is 0 Å². The number of hydrogen-bond donors (Lipinski definition) is 0. The minimum atomic E-state index is -0.00303. The monoisotopic (exact) mass is 303 g/mol. The second kappa shape index (κ2) is 6.81. The van der Waals surface area contributed by atoms with Gasteiger partial charge in [0, 0.05) is 45.8 Å². The third-order valence-electron chi connectivity index (χ3n) is 4.22. The minimum Gasteiger partial charge on any atom is -0.331 e. The van der Waals surface area contributed by atoms with E-state index < -0.39 is 0 Å². The van der Waals surface area contributed by atoms with Crippen LogP contribution < -0.4 is 4.90 Å². The largest absolute Gasteiger partial charge is 0.331 e. The highest BCUT2D eigenvalue weighted by atomic mass is 16.2. The van der Waals surface area contributed by atoms with Crippen LogP contribution in [0.4, 0.5) is 10.5 Å². The summed E-state index contributed by atoms with van der Waals surface area (Å²) in [5, 5.41) is 0. The number of nitrogens with zero attached hydrogens (tertiary/aromatic N) is 3. The second-order valence-corrected chi connectivity index (χ2v) is 6.17. The van der Waals surface area contributed by atoms with Crippen LogP contribution in [0.25, 0.3) is 0 Å². The summed E-state index contributed by atoms with van der Waals surface area (Å²) >= 11 is 0. The number of likely N-dealkylation sites (tertiary alicyclic amines) is 1. The van der Waals surface area contributed by atoms with Gasteiger partial charge in [-0.05, 0) is 37.5 Å². The lowest BCUT2D eigenvalue weighted by atomic mass is 9.95. The van der Waals surface area contributed by atoms with Crippen molar-refractivity contribution in [2.45, 2.75) is 19.8 Å². The molecule has 0 spiro atoms. The van der Waals surface area contributed by atoms with Gasteiger partial charge in [0.2, 0.25) is 5.91 Å². The van der Waals surface area contributed by atoms with Gasteiger partial charge < -0.3 is 14.7 Å². The molecule has 1 aliphatic rings. The molecule has 0 bridgehead atoms. The van der Waals surface area contributed by atoms with Crippen molar-refractivity contribution < 1.29 is 9.59 Å². The lowest BCUT2D eigenvalue weighted by Gasteiger charge is -2.34. The van der Waals surface area contributed by atoms with Crippen LogP contribution in [0.5, 0.6) is 0 Å². The topological polar surface area (TPSA) is 43.9 Å². The Morgan fingerprint density at radius 3 is 2.32 bits per heavy atom. The van der Waals surface area contributed by atoms with Crippen LogP contribution in [-0.2, 0) is 4.79 Å². The van der Waals surface area contributed by atoms with Gasteiger partial charge in [-0.25, -0.2) is 4.79 Å². The number of amides is 3. The molecule has 1 saturated heterocycles. The first-order chi connectivity index (χ1) is 10.4. The standard InChI is InChI=1S/C17H25N3O2/c1-13-6-5-7-15(12-13)19(4)16(21)14-8-10-20(11-9-14)17(22)18(2)3/h5-7,12,14H,8-11H2,1-4H3. The summed E-state index contributed by atoms with van der Waals surface area (Å²) in [5.41, 5.74) is 2.07. The smallest absolute Gasteiger partial charge is 0.319 e. The Bertz CT molecular complexity index is 549. The van der Waals surface area contributed by atoms with Crippen LogP contribution >= 0.6 is 0 Å². The maximum Gasteiger partial charge on any atom is 0.319 e. The number of urea groups is 1. The number of anilines is 1. The predicted molar refractivity (Wildman–Crippen MR) is 88.0 cm³/mol. The number of aryl methyl sites for hydroxylation is 1. The Labute approximate surface area is 132 Å². The van der Waals surface area contributed by atoms with Gasteiger partial charge in [0.15, 0.2) is 0 Å². The summed E-state index contributed by atoms with van der Waals surface area (Å²) < 4.78 is 0. The van der Waals surface area contributed by atoms with Gasteiger partial charge in [0.25, 0.3) is 0 Å². The van der Waals surface area contributed by atoms with E-state index in [9.17, 15) is 9.59 Å². The number of carbonyl (C=O) groups excluding carboxylic acids is 2. The normalized spacial score (nSPS) is 15.5. The van der Waals surface area contributed by atoms with Gasteiger partial charge in [-0.15, -0.1) is 0 Å². The molecule has 3 amide bonds. The highest BCUT2D eigenvalue weighted by molar-refractivity contribution is 5.94. The Morgan fingerprint density at radius 2 is 1.77 bits per heavy atom. The molecule has 1 fully saturated rings. The van der Waals surface area contributed by atoms with E-state index in [1.807, 2.05) is 43.1 Å². The van der Waals surface area contributed by atoms with E-state index >= 15 is 0 Å². The van der Waals surface area contributed by atoms with Crippen LogP contribution in [0.3, 0.4) is 0 Å². The van der Waals surface area contributed by atoms with Crippen molar-refractivity contribution in [2.75, 3.05) is 39.1 Å². The van der Waals surface area contributed by atoms with Gasteiger partial charge in [-0.1, -0.05) is 12.1 Å². The molecular formula is C17H25N3O2. The SMILES string of the molecule is Cc1cccc(N(C)C(=O)C2CCN(C(=O)N(C)C)CC2)c1. The molecule has 0 saturated carbocycles. The van der Waals surface area contributed by atoms with Crippen molar-refractivity contribution in [2.24, 2.45) is 5.92 Å². The first-order valence-electron chi connectivity index (χ1n) is 7.70. The average Bonchev–Trinajstić information content (AvgIpc) is 2.52. The highest BCUT2D eigenvalue weighted by Gasteiger charge is 2.30. The van der Waals surface area contributed by atoms with Crippen molar-refractivity contribution in [3.63, 3.8) is 0 Å². The Morgan fingerprint density at radius 1 is 1.14 bits per heavy atom. The fraction of sp³-hybridized carbons (Fsp3) is 0.529. The molecule has 120 valence electrons. The summed E-state index contributed by atoms with van der Waals surface area (Å²) in [7, 11) is 5.34. The van der Waals surface area contributed by atoms with E-state index in [0.29, 0.717) is 13.1 Å². The lowest BCUT2D eigenvalue weighted by Crippen LogP contribution is -2.46. The number of piperidine rings is 1. The maximum absolute atomic E-state index is 12.6. The van der Waals surface area contributed by atoms with E-state index in [2.05, 4.69) is 0 Å². The maximum atomic E-state index is 12.6. The van der Waals surface area contributed by atoms with Crippen LogP contribution in [0.1, 0.15) is 18.4 Å². The summed E-state index contributed by atoms with van der Waals surface area (Å²) in [6, 6.07) is 7.98. The van der Waals surface area contributed by atoms with E-state index in [1.54, 1.807) is 23.9 Å². The molecule has 2 rings (SSSR count). The summed E-state index contributed by atoms with van der Waals surface area (Å²) in [6.45, 7) is 3.32. The molecule has 5 nitrogen and oxygen atoms in total. The molecule has 1 aromatic rings. The van der Waals surface area contributed by atoms with Gasteiger partial charge in [0.1, 0.15) is 0 Å². The molecule has 0 unspecified atom stereocenters. The molecule has 0 aliphatic carbocycles. The van der Waals surface area contributed by atoms with Crippen molar-refractivity contribution in [1.82, 2.24) is 9.80 Å². The minimum absolute atomic E-state index is 0.00303. The third-order valence-corrected chi connectivity index (χ3v) is 4.22. The van der Waals surface area contributed by atoms with Crippen LogP contribution in [-0.4, -0.2) is 56.0 Å². The van der Waals surface area contributed by atoms with Gasteiger partial charge in [0.05, 0.1) is 0 Å². The summed E-state index contributed by atoms with van der Waals surface area (Å²) in [6.07, 6.45) is 1.46. The molecule has 0 N–H and O–H groups in total. The van der Waals surface area contributed by atoms with Crippen LogP contribution in [0.15, 0.2) is 24.3 Å². The Balaban J connectivity index is 1.96. The molecule has 0 aromatic heterocycles. The zero-order chi connectivity index (χ0) is 16.3. The highest BCUT2D eigenvalue weighted by Crippen LogP contribution is 2.23. The molecule has 22 heavy (non-hydrogen) atoms. The van der Waals surface area contributed by atoms with Crippen LogP contribution in [0.2, 0.25) is 0 Å². The van der Waals surface area contributed by atoms with E-state index in [-0.39, 0.29) is 17.9 Å². The van der Waals surface area contributed by atoms with E-state index in [4.69, 9.17) is 0 Å². The lowest BCUT2D eigenvalue weighted by molar-refractivity contribution is -0.123. The fourth-order valence-corrected chi connectivity index (χ4v) is 2.84.